The summed E-state index contributed by atoms with van der Waals surface area (Å²) >= 11 is 1.78. The first-order valence-electron chi connectivity index (χ1n) is 5.83. The summed E-state index contributed by atoms with van der Waals surface area (Å²) in [7, 11) is 1.88. The van der Waals surface area contributed by atoms with E-state index in [1.165, 1.54) is 5.56 Å². The number of hydrogen-bond donors (Lipinski definition) is 1. The fraction of sp³-hybridized carbons (Fsp3) is 0.462. The van der Waals surface area contributed by atoms with E-state index in [0.717, 1.165) is 11.6 Å². The van der Waals surface area contributed by atoms with Gasteiger partial charge >= 0.3 is 0 Å². The van der Waals surface area contributed by atoms with Crippen LogP contribution in [-0.4, -0.2) is 35.5 Å². The SMILES string of the molecule is CC(c1ccccc1)N(C)C(=O)C1CSCN1. The van der Waals surface area contributed by atoms with Crippen LogP contribution in [0.2, 0.25) is 0 Å². The van der Waals surface area contributed by atoms with Crippen molar-refractivity contribution in [2.24, 2.45) is 0 Å². The van der Waals surface area contributed by atoms with Crippen LogP contribution in [0.5, 0.6) is 0 Å². The highest BCUT2D eigenvalue weighted by Crippen LogP contribution is 2.20. The molecular weight excluding hydrogens is 232 g/mol. The summed E-state index contributed by atoms with van der Waals surface area (Å²) in [6, 6.07) is 10.2. The predicted molar refractivity (Wildman–Crippen MR) is 71.9 cm³/mol. The number of carbonyl (C=O) groups excluding carboxylic acids is 1. The molecule has 1 aromatic carbocycles. The molecule has 0 bridgehead atoms. The summed E-state index contributed by atoms with van der Waals surface area (Å²) in [5.74, 6) is 1.95. The van der Waals surface area contributed by atoms with Crippen molar-refractivity contribution in [3.63, 3.8) is 0 Å². The van der Waals surface area contributed by atoms with Crippen LogP contribution in [0.3, 0.4) is 0 Å². The second-order valence-corrected chi connectivity index (χ2v) is 5.34. The molecule has 92 valence electrons. The molecule has 1 fully saturated rings. The van der Waals surface area contributed by atoms with Gasteiger partial charge in [0, 0.05) is 18.7 Å². The number of benzene rings is 1. The van der Waals surface area contributed by atoms with E-state index in [4.69, 9.17) is 0 Å². The van der Waals surface area contributed by atoms with Gasteiger partial charge in [-0.3, -0.25) is 10.1 Å². The number of hydrogen-bond acceptors (Lipinski definition) is 3. The Labute approximate surface area is 107 Å². The highest BCUT2D eigenvalue weighted by atomic mass is 32.2. The number of carbonyl (C=O) groups is 1. The molecule has 1 aliphatic rings. The summed E-state index contributed by atoms with van der Waals surface area (Å²) in [4.78, 5) is 14.0. The first kappa shape index (κ1) is 12.5. The Hall–Kier alpha value is -1.000. The minimum Gasteiger partial charge on any atom is -0.338 e. The molecule has 0 aromatic heterocycles. The molecule has 0 aliphatic carbocycles. The molecule has 0 saturated carbocycles. The maximum Gasteiger partial charge on any atom is 0.240 e. The average molecular weight is 250 g/mol. The van der Waals surface area contributed by atoms with Gasteiger partial charge in [0.1, 0.15) is 0 Å². The third-order valence-corrected chi connectivity index (χ3v) is 4.16. The summed E-state index contributed by atoms with van der Waals surface area (Å²) in [6.45, 7) is 2.06. The summed E-state index contributed by atoms with van der Waals surface area (Å²) < 4.78 is 0. The van der Waals surface area contributed by atoms with Gasteiger partial charge in [-0.1, -0.05) is 30.3 Å². The molecule has 0 radical (unpaired) electrons. The van der Waals surface area contributed by atoms with Gasteiger partial charge < -0.3 is 4.90 Å². The molecule has 1 N–H and O–H groups in total. The van der Waals surface area contributed by atoms with Crippen LogP contribution in [0.4, 0.5) is 0 Å². The zero-order valence-electron chi connectivity index (χ0n) is 10.2. The first-order chi connectivity index (χ1) is 8.20. The number of likely N-dealkylation sites (N-methyl/N-ethyl adjacent to an activating group) is 1. The monoisotopic (exact) mass is 250 g/mol. The van der Waals surface area contributed by atoms with Gasteiger partial charge in [0.05, 0.1) is 12.1 Å². The second-order valence-electron chi connectivity index (χ2n) is 4.31. The minimum absolute atomic E-state index is 0.0174. The molecule has 2 unspecified atom stereocenters. The van der Waals surface area contributed by atoms with Crippen molar-refractivity contribution in [3.05, 3.63) is 35.9 Å². The summed E-state index contributed by atoms with van der Waals surface area (Å²) in [5.41, 5.74) is 1.18. The Morgan fingerprint density at radius 2 is 2.18 bits per heavy atom. The highest BCUT2D eigenvalue weighted by Gasteiger charge is 2.27. The standard InChI is InChI=1S/C13H18N2OS/c1-10(11-6-4-3-5-7-11)15(2)13(16)12-8-17-9-14-12/h3-7,10,12,14H,8-9H2,1-2H3. The van der Waals surface area contributed by atoms with E-state index in [9.17, 15) is 4.79 Å². The number of rotatable bonds is 3. The fourth-order valence-corrected chi connectivity index (χ4v) is 2.88. The molecular formula is C13H18N2OS. The molecule has 3 nitrogen and oxygen atoms in total. The molecule has 1 aromatic rings. The van der Waals surface area contributed by atoms with E-state index in [1.807, 2.05) is 30.1 Å². The van der Waals surface area contributed by atoms with Crippen LogP contribution in [0.1, 0.15) is 18.5 Å². The zero-order valence-corrected chi connectivity index (χ0v) is 11.0. The summed E-state index contributed by atoms with van der Waals surface area (Å²) in [6.07, 6.45) is 0. The van der Waals surface area contributed by atoms with E-state index >= 15 is 0 Å². The average Bonchev–Trinajstić information content (AvgIpc) is 2.91. The number of amides is 1. The molecule has 2 atom stereocenters. The van der Waals surface area contributed by atoms with E-state index in [-0.39, 0.29) is 18.0 Å². The maximum atomic E-state index is 12.2. The van der Waals surface area contributed by atoms with Crippen molar-refractivity contribution >= 4 is 17.7 Å². The first-order valence-corrected chi connectivity index (χ1v) is 6.98. The van der Waals surface area contributed by atoms with Crippen molar-refractivity contribution in [3.8, 4) is 0 Å². The molecule has 2 rings (SSSR count). The van der Waals surface area contributed by atoms with Crippen molar-refractivity contribution in [2.45, 2.75) is 19.0 Å². The molecule has 1 amide bonds. The van der Waals surface area contributed by atoms with Gasteiger partial charge in [-0.25, -0.2) is 0 Å². The minimum atomic E-state index is -0.0174. The fourth-order valence-electron chi connectivity index (χ4n) is 1.95. The highest BCUT2D eigenvalue weighted by molar-refractivity contribution is 7.99. The van der Waals surface area contributed by atoms with Crippen LogP contribution in [0, 0.1) is 0 Å². The Kier molecular flexibility index (Phi) is 4.07. The van der Waals surface area contributed by atoms with Crippen LogP contribution in [0.25, 0.3) is 0 Å². The maximum absolute atomic E-state index is 12.2. The van der Waals surface area contributed by atoms with E-state index < -0.39 is 0 Å². The van der Waals surface area contributed by atoms with Gasteiger partial charge in [0.25, 0.3) is 0 Å². The van der Waals surface area contributed by atoms with Crippen LogP contribution < -0.4 is 5.32 Å². The molecule has 1 saturated heterocycles. The third kappa shape index (κ3) is 2.82. The van der Waals surface area contributed by atoms with E-state index in [1.54, 1.807) is 11.8 Å². The third-order valence-electron chi connectivity index (χ3n) is 3.22. The van der Waals surface area contributed by atoms with Crippen LogP contribution in [-0.2, 0) is 4.79 Å². The van der Waals surface area contributed by atoms with Gasteiger partial charge in [-0.15, -0.1) is 11.8 Å². The second kappa shape index (κ2) is 5.56. The van der Waals surface area contributed by atoms with Gasteiger partial charge in [0.15, 0.2) is 0 Å². The van der Waals surface area contributed by atoms with Crippen LogP contribution >= 0.6 is 11.8 Å². The Bertz CT molecular complexity index is 376. The lowest BCUT2D eigenvalue weighted by Gasteiger charge is -2.27. The van der Waals surface area contributed by atoms with Crippen LogP contribution in [0.15, 0.2) is 30.3 Å². The Morgan fingerprint density at radius 3 is 2.76 bits per heavy atom. The Morgan fingerprint density at radius 1 is 1.47 bits per heavy atom. The smallest absolute Gasteiger partial charge is 0.240 e. The molecule has 17 heavy (non-hydrogen) atoms. The van der Waals surface area contributed by atoms with Gasteiger partial charge in [-0.2, -0.15) is 0 Å². The number of thioether (sulfide) groups is 1. The lowest BCUT2D eigenvalue weighted by molar-refractivity contribution is -0.133. The largest absolute Gasteiger partial charge is 0.338 e. The van der Waals surface area contributed by atoms with Crippen molar-refractivity contribution in [2.75, 3.05) is 18.7 Å². The van der Waals surface area contributed by atoms with Crippen molar-refractivity contribution in [1.82, 2.24) is 10.2 Å². The molecule has 0 spiro atoms. The topological polar surface area (TPSA) is 32.3 Å². The lowest BCUT2D eigenvalue weighted by atomic mass is 10.1. The molecule has 1 heterocycles. The summed E-state index contributed by atoms with van der Waals surface area (Å²) in [5, 5.41) is 3.22. The van der Waals surface area contributed by atoms with E-state index in [2.05, 4.69) is 24.4 Å². The van der Waals surface area contributed by atoms with E-state index in [0.29, 0.717) is 0 Å². The lowest BCUT2D eigenvalue weighted by Crippen LogP contribution is -2.44. The molecule has 1 aliphatic heterocycles. The predicted octanol–water partition coefficient (Wildman–Crippen LogP) is 1.87. The Balaban J connectivity index is 2.04. The van der Waals surface area contributed by atoms with Crippen molar-refractivity contribution < 1.29 is 4.79 Å². The number of nitrogens with one attached hydrogen (secondary N) is 1. The normalized spacial score (nSPS) is 21.2. The quantitative estimate of drug-likeness (QED) is 0.889. The van der Waals surface area contributed by atoms with Gasteiger partial charge in [-0.05, 0) is 12.5 Å². The van der Waals surface area contributed by atoms with Crippen molar-refractivity contribution in [1.29, 1.82) is 0 Å². The molecule has 4 heteroatoms. The zero-order chi connectivity index (χ0) is 12.3. The number of nitrogens with zero attached hydrogens (tertiary/aromatic N) is 1. The van der Waals surface area contributed by atoms with Gasteiger partial charge in [0.2, 0.25) is 5.91 Å².